The molecule has 0 amide bonds. The quantitative estimate of drug-likeness (QED) is 0.364. The van der Waals surface area contributed by atoms with E-state index in [1.807, 2.05) is 42.9 Å². The van der Waals surface area contributed by atoms with Gasteiger partial charge in [-0.25, -0.2) is 15.0 Å². The number of fused-ring (bicyclic) bond motifs is 1. The van der Waals surface area contributed by atoms with Crippen molar-refractivity contribution >= 4 is 22.5 Å². The summed E-state index contributed by atoms with van der Waals surface area (Å²) in [4.78, 5) is 28.7. The van der Waals surface area contributed by atoms with Crippen LogP contribution >= 0.6 is 0 Å². The van der Waals surface area contributed by atoms with Crippen LogP contribution in [0.2, 0.25) is 0 Å². The van der Waals surface area contributed by atoms with Gasteiger partial charge in [-0.2, -0.15) is 9.90 Å². The predicted molar refractivity (Wildman–Crippen MR) is 133 cm³/mol. The van der Waals surface area contributed by atoms with Crippen molar-refractivity contribution in [1.82, 2.24) is 49.5 Å². The van der Waals surface area contributed by atoms with E-state index < -0.39 is 0 Å². The molecule has 1 saturated carbocycles. The Hall–Kier alpha value is -4.68. The first kappa shape index (κ1) is 21.8. The van der Waals surface area contributed by atoms with E-state index in [1.165, 1.54) is 11.1 Å². The van der Waals surface area contributed by atoms with Gasteiger partial charge in [-0.05, 0) is 36.6 Å². The molecule has 1 aliphatic rings. The van der Waals surface area contributed by atoms with Crippen molar-refractivity contribution in [2.75, 3.05) is 11.1 Å². The van der Waals surface area contributed by atoms with Crippen molar-refractivity contribution in [3.05, 3.63) is 53.1 Å². The van der Waals surface area contributed by atoms with Gasteiger partial charge in [0.15, 0.2) is 0 Å². The van der Waals surface area contributed by atoms with Gasteiger partial charge in [-0.15, -0.1) is 10.2 Å². The predicted octanol–water partition coefficient (Wildman–Crippen LogP) is 1.87. The molecule has 0 spiro atoms. The highest BCUT2D eigenvalue weighted by Gasteiger charge is 2.31. The zero-order chi connectivity index (χ0) is 25.0. The summed E-state index contributed by atoms with van der Waals surface area (Å²) < 4.78 is 3.53. The monoisotopic (exact) mass is 484 g/mol. The largest absolute Gasteiger partial charge is 0.383 e. The fraction of sp³-hybridized carbons (Fsp3) is 0.304. The molecular formula is C23H24N12O. The van der Waals surface area contributed by atoms with Gasteiger partial charge < -0.3 is 11.1 Å². The first-order chi connectivity index (χ1) is 17.4. The van der Waals surface area contributed by atoms with E-state index in [0.717, 1.165) is 24.0 Å². The van der Waals surface area contributed by atoms with Crippen molar-refractivity contribution < 1.29 is 0 Å². The van der Waals surface area contributed by atoms with Gasteiger partial charge in [0.2, 0.25) is 5.82 Å². The van der Waals surface area contributed by atoms with Crippen LogP contribution in [-0.2, 0) is 14.1 Å². The molecule has 4 heterocycles. The van der Waals surface area contributed by atoms with Gasteiger partial charge in [0.25, 0.3) is 5.56 Å². The van der Waals surface area contributed by atoms with E-state index in [0.29, 0.717) is 33.9 Å². The first-order valence-corrected chi connectivity index (χ1v) is 11.6. The second-order valence-corrected chi connectivity index (χ2v) is 8.93. The number of aryl methyl sites for hydroxylation is 2. The van der Waals surface area contributed by atoms with E-state index in [4.69, 9.17) is 10.7 Å². The smallest absolute Gasteiger partial charge is 0.262 e. The van der Waals surface area contributed by atoms with Crippen LogP contribution in [0.1, 0.15) is 37.7 Å². The summed E-state index contributed by atoms with van der Waals surface area (Å²) in [5, 5.41) is 20.4. The topological polar surface area (TPSA) is 160 Å². The Balaban J connectivity index is 1.47. The minimum atomic E-state index is -0.380. The lowest BCUT2D eigenvalue weighted by Gasteiger charge is -2.21. The molecule has 36 heavy (non-hydrogen) atoms. The van der Waals surface area contributed by atoms with E-state index in [9.17, 15) is 4.79 Å². The third kappa shape index (κ3) is 3.65. The maximum absolute atomic E-state index is 13.9. The van der Waals surface area contributed by atoms with Crippen molar-refractivity contribution in [3.8, 4) is 22.5 Å². The second kappa shape index (κ2) is 8.22. The molecule has 0 saturated heterocycles. The third-order valence-electron chi connectivity index (χ3n) is 6.23. The average Bonchev–Trinajstić information content (AvgIpc) is 3.45. The van der Waals surface area contributed by atoms with Crippen LogP contribution < -0.4 is 16.6 Å². The molecule has 1 aromatic carbocycles. The molecular weight excluding hydrogens is 460 g/mol. The molecule has 1 unspecified atom stereocenters. The summed E-state index contributed by atoms with van der Waals surface area (Å²) in [6.45, 7) is 1.93. The lowest BCUT2D eigenvalue weighted by atomic mass is 10.0. The summed E-state index contributed by atoms with van der Waals surface area (Å²) in [7, 11) is 3.52. The molecule has 0 bridgehead atoms. The van der Waals surface area contributed by atoms with Gasteiger partial charge >= 0.3 is 0 Å². The molecule has 13 heteroatoms. The maximum Gasteiger partial charge on any atom is 0.262 e. The average molecular weight is 485 g/mol. The third-order valence-corrected chi connectivity index (χ3v) is 6.23. The molecule has 5 aromatic rings. The number of anilines is 2. The maximum atomic E-state index is 13.9. The molecule has 0 radical (unpaired) electrons. The van der Waals surface area contributed by atoms with Crippen LogP contribution in [-0.4, -0.2) is 49.5 Å². The molecule has 182 valence electrons. The highest BCUT2D eigenvalue weighted by molar-refractivity contribution is 5.93. The number of tetrazole rings is 1. The van der Waals surface area contributed by atoms with E-state index in [1.54, 1.807) is 17.9 Å². The number of benzene rings is 1. The fourth-order valence-electron chi connectivity index (χ4n) is 4.43. The van der Waals surface area contributed by atoms with Crippen molar-refractivity contribution in [3.63, 3.8) is 0 Å². The summed E-state index contributed by atoms with van der Waals surface area (Å²) >= 11 is 0. The standard InChI is InChI=1S/C23H24N12O/c1-12(28-20-18(19(24)25-11-26-20)21-30-32-34(3)31-21)22-29-16-6-4-5-15(13-9-27-33(2)10-13)17(16)23(36)35(22)14-7-8-14/h4-6,9-12,14H,7-8H2,1-3H3,(H3,24,25,26,28). The lowest BCUT2D eigenvalue weighted by molar-refractivity contribution is 0.609. The molecule has 6 rings (SSSR count). The first-order valence-electron chi connectivity index (χ1n) is 11.6. The Bertz CT molecular complexity index is 1660. The van der Waals surface area contributed by atoms with E-state index in [-0.39, 0.29) is 23.5 Å². The summed E-state index contributed by atoms with van der Waals surface area (Å²) in [6, 6.07) is 5.43. The molecule has 0 aliphatic heterocycles. The Labute approximate surface area is 205 Å². The fourth-order valence-corrected chi connectivity index (χ4v) is 4.43. The molecule has 3 N–H and O–H groups in total. The molecule has 1 aliphatic carbocycles. The Morgan fingerprint density at radius 3 is 2.72 bits per heavy atom. The van der Waals surface area contributed by atoms with Gasteiger partial charge in [0.1, 0.15) is 29.4 Å². The number of nitrogens with two attached hydrogens (primary N) is 1. The van der Waals surface area contributed by atoms with Crippen molar-refractivity contribution in [2.45, 2.75) is 31.8 Å². The number of nitrogens with zero attached hydrogens (tertiary/aromatic N) is 10. The number of nitrogens with one attached hydrogen (secondary N) is 1. The van der Waals surface area contributed by atoms with Crippen LogP contribution in [0.3, 0.4) is 0 Å². The van der Waals surface area contributed by atoms with Gasteiger partial charge in [0, 0.05) is 24.8 Å². The highest BCUT2D eigenvalue weighted by atomic mass is 16.1. The van der Waals surface area contributed by atoms with Crippen LogP contribution in [0.5, 0.6) is 0 Å². The summed E-state index contributed by atoms with van der Waals surface area (Å²) in [6.07, 6.45) is 6.88. The second-order valence-electron chi connectivity index (χ2n) is 8.93. The van der Waals surface area contributed by atoms with Crippen LogP contribution in [0.4, 0.5) is 11.6 Å². The molecule has 4 aromatic heterocycles. The Kier molecular flexibility index (Phi) is 4.98. The van der Waals surface area contributed by atoms with Crippen LogP contribution in [0, 0.1) is 0 Å². The number of nitrogen functional groups attached to an aromatic ring is 1. The summed E-state index contributed by atoms with van der Waals surface area (Å²) in [5.74, 6) is 1.58. The lowest BCUT2D eigenvalue weighted by Crippen LogP contribution is -2.28. The minimum Gasteiger partial charge on any atom is -0.383 e. The number of hydrogen-bond donors (Lipinski definition) is 2. The number of hydrogen-bond acceptors (Lipinski definition) is 10. The van der Waals surface area contributed by atoms with E-state index >= 15 is 0 Å². The van der Waals surface area contributed by atoms with Gasteiger partial charge in [-0.3, -0.25) is 14.0 Å². The summed E-state index contributed by atoms with van der Waals surface area (Å²) in [5.41, 5.74) is 8.85. The molecule has 1 atom stereocenters. The van der Waals surface area contributed by atoms with Crippen LogP contribution in [0.15, 0.2) is 41.7 Å². The SMILES string of the molecule is CC(Nc1ncnc(N)c1-c1nnn(C)n1)c1nc2cccc(-c3cnn(C)c3)c2c(=O)n1C1CC1. The van der Waals surface area contributed by atoms with Crippen molar-refractivity contribution in [1.29, 1.82) is 0 Å². The number of aromatic nitrogens is 10. The van der Waals surface area contributed by atoms with Gasteiger partial charge in [-0.1, -0.05) is 12.1 Å². The normalized spacial score (nSPS) is 14.3. The van der Waals surface area contributed by atoms with Crippen molar-refractivity contribution in [2.24, 2.45) is 14.1 Å². The van der Waals surface area contributed by atoms with Gasteiger partial charge in [0.05, 0.1) is 30.2 Å². The zero-order valence-corrected chi connectivity index (χ0v) is 20.0. The number of rotatable bonds is 6. The molecule has 1 fully saturated rings. The Morgan fingerprint density at radius 2 is 2.03 bits per heavy atom. The van der Waals surface area contributed by atoms with E-state index in [2.05, 4.69) is 35.8 Å². The molecule has 13 nitrogen and oxygen atoms in total. The zero-order valence-electron chi connectivity index (χ0n) is 20.0. The Morgan fingerprint density at radius 1 is 1.19 bits per heavy atom. The minimum absolute atomic E-state index is 0.0661. The van der Waals surface area contributed by atoms with Crippen LogP contribution in [0.25, 0.3) is 33.4 Å². The highest BCUT2D eigenvalue weighted by Crippen LogP contribution is 2.38.